The van der Waals surface area contributed by atoms with Crippen LogP contribution < -0.4 is 0 Å². The van der Waals surface area contributed by atoms with E-state index in [0.29, 0.717) is 0 Å². The Bertz CT molecular complexity index is 465. The van der Waals surface area contributed by atoms with Crippen LogP contribution in [0.25, 0.3) is 10.9 Å². The average Bonchev–Trinajstić information content (AvgIpc) is 2.25. The van der Waals surface area contributed by atoms with Gasteiger partial charge < -0.3 is 0 Å². The van der Waals surface area contributed by atoms with Crippen LogP contribution in [0.2, 0.25) is 0 Å². The quantitative estimate of drug-likeness (QED) is 0.803. The second-order valence-corrected chi connectivity index (χ2v) is 4.70. The van der Waals surface area contributed by atoms with E-state index in [1.807, 2.05) is 6.20 Å². The Hall–Kier alpha value is -0.890. The van der Waals surface area contributed by atoms with Gasteiger partial charge in [0.1, 0.15) is 0 Å². The number of nitrogens with zero attached hydrogens (tertiary/aromatic N) is 1. The number of rotatable bonds is 3. The molecule has 1 aromatic heterocycles. The topological polar surface area (TPSA) is 12.9 Å². The number of benzene rings is 1. The molecule has 0 aliphatic heterocycles. The summed E-state index contributed by atoms with van der Waals surface area (Å²) in [4.78, 5) is 4.36. The van der Waals surface area contributed by atoms with E-state index >= 15 is 0 Å². The summed E-state index contributed by atoms with van der Waals surface area (Å²) in [6.45, 7) is 2.22. The fourth-order valence-electron chi connectivity index (χ4n) is 1.69. The number of aromatic nitrogens is 1. The highest BCUT2D eigenvalue weighted by atomic mass is 79.9. The zero-order valence-electron chi connectivity index (χ0n) is 8.83. The fourth-order valence-corrected chi connectivity index (χ4v) is 2.04. The Labute approximate surface area is 98.7 Å². The molecule has 2 rings (SSSR count). The number of fused-ring (bicyclic) bond motifs is 1. The maximum absolute atomic E-state index is 4.36. The third-order valence-electron chi connectivity index (χ3n) is 2.53. The van der Waals surface area contributed by atoms with Crippen LogP contribution in [0, 0.1) is 0 Å². The number of halogens is 1. The number of hydrogen-bond donors (Lipinski definition) is 0. The van der Waals surface area contributed by atoms with Gasteiger partial charge in [-0.15, -0.1) is 0 Å². The lowest BCUT2D eigenvalue weighted by molar-refractivity contribution is 0.796. The van der Waals surface area contributed by atoms with E-state index in [1.165, 1.54) is 30.2 Å². The van der Waals surface area contributed by atoms with Crippen molar-refractivity contribution >= 4 is 26.8 Å². The van der Waals surface area contributed by atoms with Crippen LogP contribution in [0.15, 0.2) is 34.9 Å². The first-order chi connectivity index (χ1) is 7.29. The van der Waals surface area contributed by atoms with E-state index in [-0.39, 0.29) is 0 Å². The summed E-state index contributed by atoms with van der Waals surface area (Å²) in [5.41, 5.74) is 2.47. The molecule has 78 valence electrons. The molecule has 0 saturated carbocycles. The van der Waals surface area contributed by atoms with Crippen molar-refractivity contribution in [1.29, 1.82) is 0 Å². The minimum Gasteiger partial charge on any atom is -0.255 e. The van der Waals surface area contributed by atoms with Crippen LogP contribution in [0.5, 0.6) is 0 Å². The van der Waals surface area contributed by atoms with Crippen molar-refractivity contribution in [3.8, 4) is 0 Å². The van der Waals surface area contributed by atoms with Gasteiger partial charge in [-0.1, -0.05) is 19.4 Å². The van der Waals surface area contributed by atoms with E-state index in [2.05, 4.69) is 52.1 Å². The predicted octanol–water partition coefficient (Wildman–Crippen LogP) is 4.34. The van der Waals surface area contributed by atoms with Crippen molar-refractivity contribution < 1.29 is 0 Å². The summed E-state index contributed by atoms with van der Waals surface area (Å²) in [5, 5.41) is 1.22. The van der Waals surface area contributed by atoms with Crippen LogP contribution in [-0.4, -0.2) is 4.98 Å². The van der Waals surface area contributed by atoms with Gasteiger partial charge in [-0.25, -0.2) is 0 Å². The molecule has 0 radical (unpaired) electrons. The van der Waals surface area contributed by atoms with Crippen LogP contribution in [0.4, 0.5) is 0 Å². The van der Waals surface area contributed by atoms with Gasteiger partial charge >= 0.3 is 0 Å². The molecule has 0 N–H and O–H groups in total. The molecule has 15 heavy (non-hydrogen) atoms. The summed E-state index contributed by atoms with van der Waals surface area (Å²) in [5.74, 6) is 0. The second kappa shape index (κ2) is 4.75. The lowest BCUT2D eigenvalue weighted by Gasteiger charge is -2.02. The SMILES string of the molecule is CCCCc1ccc2ncc(Br)cc2c1. The van der Waals surface area contributed by atoms with Gasteiger partial charge in [0, 0.05) is 16.1 Å². The second-order valence-electron chi connectivity index (χ2n) is 3.78. The van der Waals surface area contributed by atoms with Crippen LogP contribution in [0.1, 0.15) is 25.3 Å². The Balaban J connectivity index is 2.36. The smallest absolute Gasteiger partial charge is 0.0703 e. The minimum atomic E-state index is 1.04. The molecular formula is C13H14BrN. The van der Waals surface area contributed by atoms with Crippen molar-refractivity contribution in [1.82, 2.24) is 4.98 Å². The van der Waals surface area contributed by atoms with Gasteiger partial charge in [0.05, 0.1) is 5.52 Å². The summed E-state index contributed by atoms with van der Waals surface area (Å²) in [6, 6.07) is 8.65. The molecule has 0 aliphatic rings. The van der Waals surface area contributed by atoms with E-state index in [9.17, 15) is 0 Å². The Morgan fingerprint density at radius 3 is 2.93 bits per heavy atom. The first-order valence-corrected chi connectivity index (χ1v) is 6.13. The monoisotopic (exact) mass is 263 g/mol. The zero-order valence-corrected chi connectivity index (χ0v) is 10.4. The van der Waals surface area contributed by atoms with Crippen LogP contribution >= 0.6 is 15.9 Å². The Kier molecular flexibility index (Phi) is 3.37. The highest BCUT2D eigenvalue weighted by Gasteiger charge is 1.98. The normalized spacial score (nSPS) is 10.8. The molecule has 0 bridgehead atoms. The lowest BCUT2D eigenvalue weighted by Crippen LogP contribution is -1.86. The molecular weight excluding hydrogens is 250 g/mol. The first kappa shape index (κ1) is 10.6. The molecule has 1 nitrogen and oxygen atoms in total. The maximum Gasteiger partial charge on any atom is 0.0703 e. The molecule has 1 aromatic carbocycles. The minimum absolute atomic E-state index is 1.04. The first-order valence-electron chi connectivity index (χ1n) is 5.34. The van der Waals surface area contributed by atoms with E-state index < -0.39 is 0 Å². The average molecular weight is 264 g/mol. The van der Waals surface area contributed by atoms with Crippen molar-refractivity contribution in [3.63, 3.8) is 0 Å². The van der Waals surface area contributed by atoms with E-state index in [0.717, 1.165) is 9.99 Å². The molecule has 0 atom stereocenters. The summed E-state index contributed by atoms with van der Waals surface area (Å²) >= 11 is 3.45. The highest BCUT2D eigenvalue weighted by Crippen LogP contribution is 2.19. The highest BCUT2D eigenvalue weighted by molar-refractivity contribution is 9.10. The van der Waals surface area contributed by atoms with Crippen LogP contribution in [0.3, 0.4) is 0 Å². The molecule has 0 aliphatic carbocycles. The van der Waals surface area contributed by atoms with Crippen molar-refractivity contribution in [2.75, 3.05) is 0 Å². The van der Waals surface area contributed by atoms with Crippen molar-refractivity contribution in [2.45, 2.75) is 26.2 Å². The summed E-state index contributed by atoms with van der Waals surface area (Å²) in [7, 11) is 0. The van der Waals surface area contributed by atoms with Crippen molar-refractivity contribution in [3.05, 3.63) is 40.5 Å². The number of unbranched alkanes of at least 4 members (excludes halogenated alkanes) is 1. The van der Waals surface area contributed by atoms with Gasteiger partial charge in [-0.05, 0) is 52.5 Å². The summed E-state index contributed by atoms with van der Waals surface area (Å²) in [6.07, 6.45) is 5.51. The third-order valence-corrected chi connectivity index (χ3v) is 2.96. The van der Waals surface area contributed by atoms with Gasteiger partial charge in [0.25, 0.3) is 0 Å². The Morgan fingerprint density at radius 2 is 2.13 bits per heavy atom. The number of hydrogen-bond acceptors (Lipinski definition) is 1. The molecule has 0 amide bonds. The molecule has 0 spiro atoms. The van der Waals surface area contributed by atoms with Gasteiger partial charge in [0.2, 0.25) is 0 Å². The fraction of sp³-hybridized carbons (Fsp3) is 0.308. The number of pyridine rings is 1. The molecule has 0 unspecified atom stereocenters. The maximum atomic E-state index is 4.36. The molecule has 2 heteroatoms. The zero-order chi connectivity index (χ0) is 10.7. The standard InChI is InChI=1S/C13H14BrN/c1-2-3-4-10-5-6-13-11(7-10)8-12(14)9-15-13/h5-9H,2-4H2,1H3. The largest absolute Gasteiger partial charge is 0.255 e. The molecule has 1 heterocycles. The van der Waals surface area contributed by atoms with Gasteiger partial charge in [-0.3, -0.25) is 4.98 Å². The number of aryl methyl sites for hydroxylation is 1. The van der Waals surface area contributed by atoms with Gasteiger partial charge in [0.15, 0.2) is 0 Å². The van der Waals surface area contributed by atoms with Crippen molar-refractivity contribution in [2.24, 2.45) is 0 Å². The van der Waals surface area contributed by atoms with E-state index in [4.69, 9.17) is 0 Å². The Morgan fingerprint density at radius 1 is 1.27 bits per heavy atom. The van der Waals surface area contributed by atoms with Gasteiger partial charge in [-0.2, -0.15) is 0 Å². The third kappa shape index (κ3) is 2.57. The molecule has 0 fully saturated rings. The predicted molar refractivity (Wildman–Crippen MR) is 68.1 cm³/mol. The summed E-state index contributed by atoms with van der Waals surface area (Å²) < 4.78 is 1.04. The van der Waals surface area contributed by atoms with Crippen LogP contribution in [-0.2, 0) is 6.42 Å². The molecule has 0 saturated heterocycles. The lowest BCUT2D eigenvalue weighted by atomic mass is 10.1. The molecule has 2 aromatic rings. The van der Waals surface area contributed by atoms with E-state index in [1.54, 1.807) is 0 Å².